The first-order valence-corrected chi connectivity index (χ1v) is 31.9. The Labute approximate surface area is 549 Å². The first kappa shape index (κ1) is 80.1. The Morgan fingerprint density at radius 2 is 0.670 bits per heavy atom. The SMILES string of the molecule is CC(=O)N[C@H]1[C@H](O[C@H]2[C@@H](O)[C@@H](CO)O[C@@H](O[C@H]3[C@H](O)[C@@H](O)C(O)O[C@@H]3CO)[C@@H]2O)O[C@H](COS(=O)(=O)O)[C@@H](O[C@@H]2O[C@H](CO)[C@H](O)[C@H](O[C@@H]3O[C@H](CO)[C@@H](O)[C@H](O[C@@H]4O[C@H](CO)[C@H](O)[C@H](O)[C@H]4O[C@@H]4O[C@@H](C)[C@@H](O)[C@@H](O)[C@@H]4O)[C@H]3NC(C)=O)[C@H]2O)[C@@H]1O[C@@H]1O[C@@H](C)[C@@H](O)[C@@H](O)[C@@H]1O. The third-order valence-corrected chi connectivity index (χ3v) is 18.0. The summed E-state index contributed by atoms with van der Waals surface area (Å²) in [5.41, 5.74) is 0. The molecule has 44 nitrogen and oxygen atoms in total. The second kappa shape index (κ2) is 33.9. The van der Waals surface area contributed by atoms with Crippen LogP contribution in [0.25, 0.3) is 0 Å². The van der Waals surface area contributed by atoms with Crippen molar-refractivity contribution >= 4 is 22.2 Å². The Morgan fingerprint density at radius 1 is 0.330 bits per heavy atom. The molecule has 2 amide bonds. The van der Waals surface area contributed by atoms with Crippen LogP contribution in [0.5, 0.6) is 0 Å². The summed E-state index contributed by atoms with van der Waals surface area (Å²) in [5.74, 6) is -2.04. The average Bonchev–Trinajstić information content (AvgIpc) is 0.769. The van der Waals surface area contributed by atoms with Crippen LogP contribution in [0.2, 0.25) is 0 Å². The van der Waals surface area contributed by atoms with Crippen molar-refractivity contribution in [3.63, 3.8) is 0 Å². The maximum atomic E-state index is 13.4. The molecule has 45 heteroatoms. The Balaban J connectivity index is 1.15. The van der Waals surface area contributed by atoms with Gasteiger partial charge in [0, 0.05) is 13.8 Å². The van der Waals surface area contributed by atoms with E-state index in [0.29, 0.717) is 0 Å². The molecule has 8 saturated heterocycles. The van der Waals surface area contributed by atoms with Crippen LogP contribution in [0.15, 0.2) is 0 Å². The van der Waals surface area contributed by atoms with Crippen LogP contribution in [0.3, 0.4) is 0 Å². The summed E-state index contributed by atoms with van der Waals surface area (Å²) in [6.45, 7) is -2.79. The van der Waals surface area contributed by atoms with Gasteiger partial charge in [0.05, 0.1) is 51.8 Å². The third-order valence-electron chi connectivity index (χ3n) is 17.6. The smallest absolute Gasteiger partial charge is 0.394 e. The molecule has 8 rings (SSSR count). The Bertz CT molecular complexity index is 2620. The van der Waals surface area contributed by atoms with Crippen LogP contribution in [0.1, 0.15) is 27.7 Å². The molecule has 40 atom stereocenters. The molecule has 0 radical (unpaired) electrons. The van der Waals surface area contributed by atoms with Gasteiger partial charge in [-0.1, -0.05) is 0 Å². The minimum atomic E-state index is -5.60. The van der Waals surface area contributed by atoms with E-state index in [-0.39, 0.29) is 0 Å². The summed E-state index contributed by atoms with van der Waals surface area (Å²) >= 11 is 0. The van der Waals surface area contributed by atoms with Crippen LogP contribution < -0.4 is 10.6 Å². The quantitative estimate of drug-likeness (QED) is 0.0399. The monoisotopic (exact) mass is 1440 g/mol. The lowest BCUT2D eigenvalue weighted by Crippen LogP contribution is -2.72. The van der Waals surface area contributed by atoms with Crippen LogP contribution in [-0.2, 0) is 95.2 Å². The maximum absolute atomic E-state index is 13.4. The molecule has 1 unspecified atom stereocenters. The molecule has 0 aromatic rings. The predicted molar refractivity (Wildman–Crippen MR) is 295 cm³/mol. The van der Waals surface area contributed by atoms with Gasteiger partial charge in [0.1, 0.15) is 183 Å². The maximum Gasteiger partial charge on any atom is 0.397 e. The number of aliphatic hydroxyl groups is 21. The van der Waals surface area contributed by atoms with Crippen LogP contribution in [0.4, 0.5) is 0 Å². The molecule has 8 fully saturated rings. The van der Waals surface area contributed by atoms with E-state index in [4.69, 9.17) is 75.2 Å². The number of carbonyl (C=O) groups excluding carboxylic acids is 2. The fourth-order valence-electron chi connectivity index (χ4n) is 12.3. The van der Waals surface area contributed by atoms with Gasteiger partial charge in [0.25, 0.3) is 0 Å². The van der Waals surface area contributed by atoms with Gasteiger partial charge < -0.3 is 189 Å². The summed E-state index contributed by atoms with van der Waals surface area (Å²) in [4.78, 5) is 26.5. The normalized spacial score (nSPS) is 50.2. The zero-order chi connectivity index (χ0) is 71.7. The van der Waals surface area contributed by atoms with Crippen LogP contribution >= 0.6 is 0 Å². The number of ether oxygens (including phenoxy) is 15. The number of rotatable bonds is 24. The zero-order valence-corrected chi connectivity index (χ0v) is 52.6. The summed E-state index contributed by atoms with van der Waals surface area (Å²) in [6.07, 6.45) is -78.7. The second-order valence-corrected chi connectivity index (χ2v) is 25.4. The topological polar surface area (TPSA) is 685 Å². The highest BCUT2D eigenvalue weighted by Crippen LogP contribution is 2.40. The van der Waals surface area contributed by atoms with Crippen LogP contribution in [0, 0.1) is 0 Å². The summed E-state index contributed by atoms with van der Waals surface area (Å²) in [6, 6.07) is -4.11. The molecule has 24 N–H and O–H groups in total. The number of nitrogens with one attached hydrogen (secondary N) is 2. The lowest BCUT2D eigenvalue weighted by Gasteiger charge is -2.52. The van der Waals surface area contributed by atoms with Crippen molar-refractivity contribution in [2.75, 3.05) is 39.6 Å². The van der Waals surface area contributed by atoms with Crippen molar-refractivity contribution in [2.24, 2.45) is 0 Å². The molecule has 0 aromatic heterocycles. The van der Waals surface area contributed by atoms with Gasteiger partial charge in [-0.2, -0.15) is 8.42 Å². The summed E-state index contributed by atoms with van der Waals surface area (Å²) < 4.78 is 127. The van der Waals surface area contributed by atoms with Gasteiger partial charge in [-0.05, 0) is 13.8 Å². The molecule has 0 aliphatic carbocycles. The first-order valence-electron chi connectivity index (χ1n) is 30.5. The largest absolute Gasteiger partial charge is 0.397 e. The van der Waals surface area contributed by atoms with E-state index < -0.39 is 307 Å². The van der Waals surface area contributed by atoms with Crippen molar-refractivity contribution in [2.45, 2.75) is 273 Å². The number of aliphatic hydroxyl groups excluding tert-OH is 21. The lowest BCUT2D eigenvalue weighted by atomic mass is 9.93. The fourth-order valence-corrected chi connectivity index (χ4v) is 12.6. The van der Waals surface area contributed by atoms with Gasteiger partial charge in [-0.25, -0.2) is 4.18 Å². The van der Waals surface area contributed by atoms with Crippen molar-refractivity contribution < 1.29 is 205 Å². The van der Waals surface area contributed by atoms with Gasteiger partial charge in [-0.3, -0.25) is 14.1 Å². The molecule has 0 saturated carbocycles. The number of hydrogen-bond donors (Lipinski definition) is 24. The molecule has 8 aliphatic rings. The van der Waals surface area contributed by atoms with Crippen molar-refractivity contribution in [3.8, 4) is 0 Å². The molecular formula is C52H88N2O42S. The minimum Gasteiger partial charge on any atom is -0.394 e. The zero-order valence-electron chi connectivity index (χ0n) is 51.7. The van der Waals surface area contributed by atoms with E-state index in [1.807, 2.05) is 0 Å². The minimum absolute atomic E-state index is 0.876. The van der Waals surface area contributed by atoms with E-state index in [0.717, 1.165) is 13.8 Å². The molecule has 8 heterocycles. The molecular weight excluding hydrogens is 1360 g/mol. The third kappa shape index (κ3) is 17.8. The number of carbonyl (C=O) groups is 2. The van der Waals surface area contributed by atoms with Gasteiger partial charge in [0.15, 0.2) is 50.3 Å². The van der Waals surface area contributed by atoms with E-state index >= 15 is 0 Å². The Hall–Kier alpha value is -2.63. The van der Waals surface area contributed by atoms with Crippen molar-refractivity contribution in [1.82, 2.24) is 10.6 Å². The molecule has 0 bridgehead atoms. The average molecular weight is 1450 g/mol. The Kier molecular flexibility index (Phi) is 28.0. The van der Waals surface area contributed by atoms with Crippen LogP contribution in [-0.4, -0.2) is 417 Å². The summed E-state index contributed by atoms with van der Waals surface area (Å²) in [7, 11) is -5.60. The van der Waals surface area contributed by atoms with E-state index in [2.05, 4.69) is 10.6 Å². The van der Waals surface area contributed by atoms with Gasteiger partial charge in [0.2, 0.25) is 11.8 Å². The highest BCUT2D eigenvalue weighted by atomic mass is 32.3. The predicted octanol–water partition coefficient (Wildman–Crippen LogP) is -16.3. The van der Waals surface area contributed by atoms with E-state index in [1.54, 1.807) is 0 Å². The van der Waals surface area contributed by atoms with E-state index in [1.165, 1.54) is 13.8 Å². The Morgan fingerprint density at radius 3 is 1.11 bits per heavy atom. The standard InChI is InChI=1S/C52H88N2O42S/c1-11-23(62)29(68)34(73)48(82-11)93-41-22(54-14(4)61)47(95-42-27(66)17(7-57)86-50(36(42)75)90-38-19(9-59)84-45(77)33(72)32(38)71)89-20(10-81-97(78,79)80)39(41)91-51-37(76)43(28(67)18(8-58)87-51)94-46-21(53-13(3)60)40(26(65)16(6-56)85-46)92-52-44(31(70)25(64)15(5-55)88-52)96-49-35(74)30(69)24(63)12(2)83-49/h11-12,15-52,55-59,62-77H,5-10H2,1-4H3,(H,53,60)(H,54,61)(H,78,79,80)/t11-,12-,15+,16+,17+,18+,19+,20+,21+,22+,23+,24+,25-,26+,27-,28-,29+,30+,31-,32+,33+,34-,35-,36+,37+,38+,39+,40+,41+,42-,43-,44+,45?,46-,47-,48-,49-,50-,51-,52-/m0/s1. The van der Waals surface area contributed by atoms with Crippen molar-refractivity contribution in [3.05, 3.63) is 0 Å². The number of hydrogen-bond acceptors (Lipinski definition) is 41. The van der Waals surface area contributed by atoms with Crippen molar-refractivity contribution in [1.29, 1.82) is 0 Å². The highest BCUT2D eigenvalue weighted by Gasteiger charge is 2.61. The molecule has 0 spiro atoms. The summed E-state index contributed by atoms with van der Waals surface area (Å²) in [5, 5.41) is 235. The lowest BCUT2D eigenvalue weighted by molar-refractivity contribution is -0.398. The van der Waals surface area contributed by atoms with Gasteiger partial charge in [-0.15, -0.1) is 0 Å². The van der Waals surface area contributed by atoms with Gasteiger partial charge >= 0.3 is 10.4 Å². The van der Waals surface area contributed by atoms with E-state index in [9.17, 15) is 130 Å². The second-order valence-electron chi connectivity index (χ2n) is 24.3. The molecule has 564 valence electrons. The fraction of sp³-hybridized carbons (Fsp3) is 0.962. The highest BCUT2D eigenvalue weighted by molar-refractivity contribution is 7.80. The molecule has 0 aromatic carbocycles. The first-order chi connectivity index (χ1) is 45.6. The number of amides is 2. The molecule has 8 aliphatic heterocycles. The molecule has 97 heavy (non-hydrogen) atoms.